The SMILES string of the molecule is O=C(c1cccc(F)c1)N1CCC(Oc2cccnn2)C1. The van der Waals surface area contributed by atoms with E-state index in [2.05, 4.69) is 10.2 Å². The van der Waals surface area contributed by atoms with E-state index in [1.165, 1.54) is 18.2 Å². The van der Waals surface area contributed by atoms with Gasteiger partial charge in [0.15, 0.2) is 0 Å². The van der Waals surface area contributed by atoms with Crippen molar-refractivity contribution in [2.24, 2.45) is 0 Å². The maximum Gasteiger partial charge on any atom is 0.254 e. The van der Waals surface area contributed by atoms with Gasteiger partial charge in [-0.1, -0.05) is 6.07 Å². The minimum Gasteiger partial charge on any atom is -0.471 e. The molecule has 3 rings (SSSR count). The fraction of sp³-hybridized carbons (Fsp3) is 0.267. The number of nitrogens with zero attached hydrogens (tertiary/aromatic N) is 3. The molecule has 1 aromatic carbocycles. The summed E-state index contributed by atoms with van der Waals surface area (Å²) < 4.78 is 18.8. The van der Waals surface area contributed by atoms with Gasteiger partial charge in [0.1, 0.15) is 11.9 Å². The third kappa shape index (κ3) is 3.16. The third-order valence-corrected chi connectivity index (χ3v) is 3.34. The molecule has 108 valence electrons. The van der Waals surface area contributed by atoms with E-state index in [9.17, 15) is 9.18 Å². The summed E-state index contributed by atoms with van der Waals surface area (Å²) in [6.45, 7) is 1.05. The van der Waals surface area contributed by atoms with Gasteiger partial charge >= 0.3 is 0 Å². The van der Waals surface area contributed by atoms with E-state index in [1.54, 1.807) is 29.3 Å². The predicted molar refractivity (Wildman–Crippen MR) is 73.4 cm³/mol. The van der Waals surface area contributed by atoms with Crippen LogP contribution in [0.2, 0.25) is 0 Å². The molecule has 1 fully saturated rings. The number of carbonyl (C=O) groups is 1. The lowest BCUT2D eigenvalue weighted by Crippen LogP contribution is -2.31. The van der Waals surface area contributed by atoms with Gasteiger partial charge in [-0.25, -0.2) is 4.39 Å². The Balaban J connectivity index is 1.63. The first kappa shape index (κ1) is 13.5. The first-order chi connectivity index (χ1) is 10.2. The minimum absolute atomic E-state index is 0.112. The molecule has 1 amide bonds. The number of hydrogen-bond acceptors (Lipinski definition) is 4. The summed E-state index contributed by atoms with van der Waals surface area (Å²) in [6.07, 6.45) is 2.18. The zero-order valence-electron chi connectivity index (χ0n) is 11.3. The van der Waals surface area contributed by atoms with Gasteiger partial charge in [-0.2, -0.15) is 5.10 Å². The summed E-state index contributed by atoms with van der Waals surface area (Å²) in [6, 6.07) is 9.19. The van der Waals surface area contributed by atoms with Crippen LogP contribution in [0.25, 0.3) is 0 Å². The van der Waals surface area contributed by atoms with Crippen LogP contribution in [0.5, 0.6) is 5.88 Å². The molecule has 21 heavy (non-hydrogen) atoms. The Bertz CT molecular complexity index is 636. The van der Waals surface area contributed by atoms with Crippen molar-refractivity contribution in [3.05, 3.63) is 54.0 Å². The van der Waals surface area contributed by atoms with Gasteiger partial charge in [0.25, 0.3) is 5.91 Å². The molecular weight excluding hydrogens is 273 g/mol. The molecule has 0 radical (unpaired) electrons. The maximum absolute atomic E-state index is 13.2. The molecule has 2 aromatic rings. The number of ether oxygens (including phenoxy) is 1. The molecule has 5 nitrogen and oxygen atoms in total. The summed E-state index contributed by atoms with van der Waals surface area (Å²) in [5.74, 6) is -0.144. The molecule has 1 aromatic heterocycles. The lowest BCUT2D eigenvalue weighted by Gasteiger charge is -2.16. The third-order valence-electron chi connectivity index (χ3n) is 3.34. The Morgan fingerprint density at radius 3 is 3.00 bits per heavy atom. The van der Waals surface area contributed by atoms with Gasteiger partial charge in [-0.15, -0.1) is 5.10 Å². The van der Waals surface area contributed by atoms with E-state index in [1.807, 2.05) is 0 Å². The van der Waals surface area contributed by atoms with Crippen molar-refractivity contribution in [3.8, 4) is 5.88 Å². The van der Waals surface area contributed by atoms with Crippen LogP contribution < -0.4 is 4.74 Å². The van der Waals surface area contributed by atoms with Crippen molar-refractivity contribution in [1.29, 1.82) is 0 Å². The highest BCUT2D eigenvalue weighted by Gasteiger charge is 2.28. The van der Waals surface area contributed by atoms with Crippen LogP contribution in [0.1, 0.15) is 16.8 Å². The Kier molecular flexibility index (Phi) is 3.77. The fourth-order valence-corrected chi connectivity index (χ4v) is 2.33. The number of halogens is 1. The van der Waals surface area contributed by atoms with E-state index >= 15 is 0 Å². The van der Waals surface area contributed by atoms with Crippen LogP contribution in [-0.4, -0.2) is 40.2 Å². The zero-order valence-corrected chi connectivity index (χ0v) is 11.3. The fourth-order valence-electron chi connectivity index (χ4n) is 2.33. The Morgan fingerprint density at radius 1 is 1.33 bits per heavy atom. The van der Waals surface area contributed by atoms with Crippen LogP contribution in [0.4, 0.5) is 4.39 Å². The van der Waals surface area contributed by atoms with E-state index in [0.29, 0.717) is 24.5 Å². The molecule has 0 spiro atoms. The van der Waals surface area contributed by atoms with Crippen molar-refractivity contribution in [2.45, 2.75) is 12.5 Å². The molecule has 1 atom stereocenters. The lowest BCUT2D eigenvalue weighted by molar-refractivity contribution is 0.0770. The average Bonchev–Trinajstić information content (AvgIpc) is 2.96. The Morgan fingerprint density at radius 2 is 2.24 bits per heavy atom. The van der Waals surface area contributed by atoms with Gasteiger partial charge in [0, 0.05) is 30.8 Å². The van der Waals surface area contributed by atoms with Crippen LogP contribution in [-0.2, 0) is 0 Å². The normalized spacial score (nSPS) is 17.8. The predicted octanol–water partition coefficient (Wildman–Crippen LogP) is 1.91. The maximum atomic E-state index is 13.2. The van der Waals surface area contributed by atoms with Crippen molar-refractivity contribution < 1.29 is 13.9 Å². The second-order valence-corrected chi connectivity index (χ2v) is 4.85. The van der Waals surface area contributed by atoms with E-state index in [-0.39, 0.29) is 12.0 Å². The Hall–Kier alpha value is -2.50. The number of amides is 1. The van der Waals surface area contributed by atoms with Crippen LogP contribution in [0.3, 0.4) is 0 Å². The number of carbonyl (C=O) groups excluding carboxylic acids is 1. The first-order valence-corrected chi connectivity index (χ1v) is 6.71. The van der Waals surface area contributed by atoms with Crippen LogP contribution >= 0.6 is 0 Å². The molecule has 1 aliphatic heterocycles. The van der Waals surface area contributed by atoms with Gasteiger partial charge in [0.2, 0.25) is 5.88 Å². The molecule has 1 aliphatic rings. The lowest BCUT2D eigenvalue weighted by atomic mass is 10.2. The van der Waals surface area contributed by atoms with Gasteiger partial charge in [0.05, 0.1) is 6.54 Å². The van der Waals surface area contributed by atoms with Crippen LogP contribution in [0.15, 0.2) is 42.6 Å². The second kappa shape index (κ2) is 5.87. The Labute approximate surface area is 121 Å². The smallest absolute Gasteiger partial charge is 0.254 e. The van der Waals surface area contributed by atoms with Gasteiger partial charge in [-0.05, 0) is 24.3 Å². The van der Waals surface area contributed by atoms with Gasteiger partial charge in [-0.3, -0.25) is 4.79 Å². The number of rotatable bonds is 3. The number of likely N-dealkylation sites (tertiary alicyclic amines) is 1. The summed E-state index contributed by atoms with van der Waals surface area (Å²) in [7, 11) is 0. The molecule has 1 unspecified atom stereocenters. The molecule has 0 saturated carbocycles. The van der Waals surface area contributed by atoms with E-state index in [4.69, 9.17) is 4.74 Å². The summed E-state index contributed by atoms with van der Waals surface area (Å²) in [5.41, 5.74) is 0.357. The van der Waals surface area contributed by atoms with Gasteiger partial charge < -0.3 is 9.64 Å². The molecule has 0 N–H and O–H groups in total. The van der Waals surface area contributed by atoms with Crippen molar-refractivity contribution in [3.63, 3.8) is 0 Å². The highest BCUT2D eigenvalue weighted by molar-refractivity contribution is 5.94. The average molecular weight is 287 g/mol. The molecule has 0 aliphatic carbocycles. The van der Waals surface area contributed by atoms with Crippen molar-refractivity contribution >= 4 is 5.91 Å². The van der Waals surface area contributed by atoms with E-state index in [0.717, 1.165) is 6.42 Å². The number of aromatic nitrogens is 2. The first-order valence-electron chi connectivity index (χ1n) is 6.71. The standard InChI is InChI=1S/C15H14FN3O2/c16-12-4-1-3-11(9-12)15(20)19-8-6-13(10-19)21-14-5-2-7-17-18-14/h1-5,7,9,13H,6,8,10H2. The zero-order chi connectivity index (χ0) is 14.7. The quantitative estimate of drug-likeness (QED) is 0.865. The summed E-state index contributed by atoms with van der Waals surface area (Å²) >= 11 is 0. The molecule has 6 heteroatoms. The molecule has 0 bridgehead atoms. The molecular formula is C15H14FN3O2. The highest BCUT2D eigenvalue weighted by Crippen LogP contribution is 2.18. The summed E-state index contributed by atoms with van der Waals surface area (Å²) in [4.78, 5) is 13.9. The number of benzene rings is 1. The van der Waals surface area contributed by atoms with E-state index < -0.39 is 5.82 Å². The monoisotopic (exact) mass is 287 g/mol. The van der Waals surface area contributed by atoms with Crippen molar-refractivity contribution in [2.75, 3.05) is 13.1 Å². The highest BCUT2D eigenvalue weighted by atomic mass is 19.1. The molecule has 1 saturated heterocycles. The van der Waals surface area contributed by atoms with Crippen molar-refractivity contribution in [1.82, 2.24) is 15.1 Å². The topological polar surface area (TPSA) is 55.3 Å². The largest absolute Gasteiger partial charge is 0.471 e. The van der Waals surface area contributed by atoms with Crippen LogP contribution in [0, 0.1) is 5.82 Å². The minimum atomic E-state index is -0.410. The second-order valence-electron chi connectivity index (χ2n) is 4.85. The molecule has 2 heterocycles. The summed E-state index contributed by atoms with van der Waals surface area (Å²) in [5, 5.41) is 7.60. The number of hydrogen-bond donors (Lipinski definition) is 0.